The van der Waals surface area contributed by atoms with Crippen LogP contribution in [0.4, 0.5) is 0 Å². The Morgan fingerprint density at radius 3 is 2.58 bits per heavy atom. The van der Waals surface area contributed by atoms with Gasteiger partial charge in [-0.25, -0.2) is 0 Å². The van der Waals surface area contributed by atoms with E-state index >= 15 is 0 Å². The summed E-state index contributed by atoms with van der Waals surface area (Å²) in [4.78, 5) is 0. The molecule has 0 saturated carbocycles. The van der Waals surface area contributed by atoms with Crippen molar-refractivity contribution in [1.29, 1.82) is 0 Å². The average molecular weight is 284 g/mol. The van der Waals surface area contributed by atoms with Gasteiger partial charge < -0.3 is 14.8 Å². The molecule has 1 N–H and O–H groups in total. The average Bonchev–Trinajstić information content (AvgIpc) is 2.45. The van der Waals surface area contributed by atoms with Crippen molar-refractivity contribution in [3.8, 4) is 0 Å². The summed E-state index contributed by atoms with van der Waals surface area (Å²) in [7, 11) is 1.73. The van der Waals surface area contributed by atoms with Gasteiger partial charge in [-0.1, -0.05) is 23.7 Å². The normalized spacial score (nSPS) is 18.4. The number of nitrogens with one attached hydrogen (secondary N) is 1. The van der Waals surface area contributed by atoms with Crippen LogP contribution in [0.5, 0.6) is 0 Å². The number of hydrogen-bond donors (Lipinski definition) is 1. The fourth-order valence-electron chi connectivity index (χ4n) is 2.63. The minimum absolute atomic E-state index is 0.163. The highest BCUT2D eigenvalue weighted by molar-refractivity contribution is 6.30. The Balaban J connectivity index is 2.07. The van der Waals surface area contributed by atoms with Gasteiger partial charge >= 0.3 is 0 Å². The molecule has 106 valence electrons. The van der Waals surface area contributed by atoms with Gasteiger partial charge in [-0.3, -0.25) is 0 Å². The highest BCUT2D eigenvalue weighted by Crippen LogP contribution is 2.34. The van der Waals surface area contributed by atoms with Crippen LogP contribution in [-0.2, 0) is 14.9 Å². The second-order valence-corrected chi connectivity index (χ2v) is 5.51. The molecule has 0 spiro atoms. The maximum atomic E-state index is 5.98. The van der Waals surface area contributed by atoms with Crippen LogP contribution in [0.15, 0.2) is 24.3 Å². The molecule has 0 aromatic heterocycles. The minimum atomic E-state index is 0.163. The van der Waals surface area contributed by atoms with Crippen LogP contribution in [-0.4, -0.2) is 40.0 Å². The molecule has 0 atom stereocenters. The largest absolute Gasteiger partial charge is 0.383 e. The second kappa shape index (κ2) is 7.25. The third kappa shape index (κ3) is 3.93. The van der Waals surface area contributed by atoms with E-state index < -0.39 is 0 Å². The quantitative estimate of drug-likeness (QED) is 0.814. The molecule has 19 heavy (non-hydrogen) atoms. The van der Waals surface area contributed by atoms with E-state index in [0.29, 0.717) is 0 Å². The summed E-state index contributed by atoms with van der Waals surface area (Å²) >= 11 is 5.98. The maximum Gasteiger partial charge on any atom is 0.0587 e. The lowest BCUT2D eigenvalue weighted by Gasteiger charge is -2.38. The van der Waals surface area contributed by atoms with Crippen molar-refractivity contribution in [2.45, 2.75) is 18.3 Å². The van der Waals surface area contributed by atoms with E-state index in [-0.39, 0.29) is 5.41 Å². The Labute approximate surface area is 120 Å². The second-order valence-electron chi connectivity index (χ2n) is 5.07. The van der Waals surface area contributed by atoms with Crippen LogP contribution in [0.25, 0.3) is 0 Å². The van der Waals surface area contributed by atoms with Crippen molar-refractivity contribution in [2.24, 2.45) is 0 Å². The zero-order chi connectivity index (χ0) is 13.6. The topological polar surface area (TPSA) is 30.5 Å². The Bertz CT molecular complexity index is 374. The summed E-state index contributed by atoms with van der Waals surface area (Å²) in [5, 5.41) is 4.29. The van der Waals surface area contributed by atoms with Gasteiger partial charge in [0.2, 0.25) is 0 Å². The van der Waals surface area contributed by atoms with Gasteiger partial charge in [0.25, 0.3) is 0 Å². The molecular weight excluding hydrogens is 262 g/mol. The molecule has 1 aromatic rings. The molecule has 1 aromatic carbocycles. The first kappa shape index (κ1) is 14.8. The van der Waals surface area contributed by atoms with Crippen LogP contribution >= 0.6 is 11.6 Å². The molecule has 0 bridgehead atoms. The van der Waals surface area contributed by atoms with Crippen molar-refractivity contribution in [1.82, 2.24) is 5.32 Å². The van der Waals surface area contributed by atoms with Gasteiger partial charge in [-0.05, 0) is 30.5 Å². The standard InChI is InChI=1S/C15H22ClNO2/c1-18-11-8-17-12-15(6-9-19-10-7-15)13-2-4-14(16)5-3-13/h2-5,17H,6-12H2,1H3. The van der Waals surface area contributed by atoms with Crippen LogP contribution in [0.1, 0.15) is 18.4 Å². The first-order valence-corrected chi connectivity index (χ1v) is 7.18. The van der Waals surface area contributed by atoms with E-state index in [9.17, 15) is 0 Å². The summed E-state index contributed by atoms with van der Waals surface area (Å²) in [5.74, 6) is 0. The fraction of sp³-hybridized carbons (Fsp3) is 0.600. The van der Waals surface area contributed by atoms with Gasteiger partial charge in [0.05, 0.1) is 6.61 Å². The lowest BCUT2D eigenvalue weighted by Crippen LogP contribution is -2.43. The summed E-state index contributed by atoms with van der Waals surface area (Å²) in [6.45, 7) is 4.24. The summed E-state index contributed by atoms with van der Waals surface area (Å²) in [6.07, 6.45) is 2.10. The van der Waals surface area contributed by atoms with Crippen molar-refractivity contribution in [3.05, 3.63) is 34.9 Å². The predicted molar refractivity (Wildman–Crippen MR) is 77.9 cm³/mol. The highest BCUT2D eigenvalue weighted by atomic mass is 35.5. The van der Waals surface area contributed by atoms with E-state index in [1.807, 2.05) is 12.1 Å². The minimum Gasteiger partial charge on any atom is -0.383 e. The molecule has 4 heteroatoms. The van der Waals surface area contributed by atoms with Gasteiger partial charge in [0.1, 0.15) is 0 Å². The Hall–Kier alpha value is -0.610. The number of methoxy groups -OCH3 is 1. The van der Waals surface area contributed by atoms with E-state index in [4.69, 9.17) is 21.1 Å². The predicted octanol–water partition coefficient (Wildman–Crippen LogP) is 2.62. The van der Waals surface area contributed by atoms with E-state index in [1.54, 1.807) is 7.11 Å². The molecule has 0 unspecified atom stereocenters. The lowest BCUT2D eigenvalue weighted by molar-refractivity contribution is 0.0493. The Morgan fingerprint density at radius 1 is 1.26 bits per heavy atom. The fourth-order valence-corrected chi connectivity index (χ4v) is 2.76. The van der Waals surface area contributed by atoms with Crippen molar-refractivity contribution >= 4 is 11.6 Å². The summed E-state index contributed by atoms with van der Waals surface area (Å²) in [6, 6.07) is 8.24. The molecule has 1 saturated heterocycles. The first-order valence-electron chi connectivity index (χ1n) is 6.80. The smallest absolute Gasteiger partial charge is 0.0587 e. The number of benzene rings is 1. The van der Waals surface area contributed by atoms with Gasteiger partial charge in [0, 0.05) is 43.9 Å². The number of ether oxygens (including phenoxy) is 2. The maximum absolute atomic E-state index is 5.98. The van der Waals surface area contributed by atoms with Gasteiger partial charge in [0.15, 0.2) is 0 Å². The van der Waals surface area contributed by atoms with Crippen LogP contribution in [0.2, 0.25) is 5.02 Å². The lowest BCUT2D eigenvalue weighted by atomic mass is 9.74. The third-order valence-electron chi connectivity index (χ3n) is 3.85. The Morgan fingerprint density at radius 2 is 1.95 bits per heavy atom. The number of rotatable bonds is 6. The van der Waals surface area contributed by atoms with Gasteiger partial charge in [-0.2, -0.15) is 0 Å². The molecule has 1 aliphatic rings. The van der Waals surface area contributed by atoms with E-state index in [2.05, 4.69) is 17.4 Å². The van der Waals surface area contributed by atoms with E-state index in [1.165, 1.54) is 5.56 Å². The van der Waals surface area contributed by atoms with Crippen molar-refractivity contribution in [2.75, 3.05) is 40.0 Å². The van der Waals surface area contributed by atoms with Crippen LogP contribution in [0, 0.1) is 0 Å². The molecule has 0 radical (unpaired) electrons. The number of hydrogen-bond acceptors (Lipinski definition) is 3. The molecule has 3 nitrogen and oxygen atoms in total. The molecule has 1 fully saturated rings. The zero-order valence-corrected chi connectivity index (χ0v) is 12.2. The summed E-state index contributed by atoms with van der Waals surface area (Å²) in [5.41, 5.74) is 1.52. The Kier molecular flexibility index (Phi) is 5.64. The molecule has 0 amide bonds. The SMILES string of the molecule is COCCNCC1(c2ccc(Cl)cc2)CCOCC1. The third-order valence-corrected chi connectivity index (χ3v) is 4.10. The van der Waals surface area contributed by atoms with Crippen molar-refractivity contribution < 1.29 is 9.47 Å². The summed E-state index contributed by atoms with van der Waals surface area (Å²) < 4.78 is 10.6. The van der Waals surface area contributed by atoms with Crippen molar-refractivity contribution in [3.63, 3.8) is 0 Å². The molecule has 1 heterocycles. The van der Waals surface area contributed by atoms with Crippen LogP contribution in [0.3, 0.4) is 0 Å². The monoisotopic (exact) mass is 283 g/mol. The van der Waals surface area contributed by atoms with E-state index in [0.717, 1.165) is 50.8 Å². The molecule has 2 rings (SSSR count). The zero-order valence-electron chi connectivity index (χ0n) is 11.5. The molecule has 1 aliphatic heterocycles. The highest BCUT2D eigenvalue weighted by Gasteiger charge is 2.33. The van der Waals surface area contributed by atoms with Gasteiger partial charge in [-0.15, -0.1) is 0 Å². The molecule has 0 aliphatic carbocycles. The number of halogens is 1. The molecular formula is C15H22ClNO2. The van der Waals surface area contributed by atoms with Crippen LogP contribution < -0.4 is 5.32 Å². The first-order chi connectivity index (χ1) is 9.27.